The van der Waals surface area contributed by atoms with Crippen LogP contribution in [-0.4, -0.2) is 59.4 Å². The lowest BCUT2D eigenvalue weighted by molar-refractivity contribution is -0.125. The van der Waals surface area contributed by atoms with E-state index in [2.05, 4.69) is 5.32 Å². The quantitative estimate of drug-likeness (QED) is 0.556. The molecule has 19 heavy (non-hydrogen) atoms. The Morgan fingerprint density at radius 2 is 1.58 bits per heavy atom. The summed E-state index contributed by atoms with van der Waals surface area (Å²) in [6.45, 7) is 3.92. The molecule has 4 nitrogen and oxygen atoms in total. The number of ether oxygens (including phenoxy) is 3. The lowest BCUT2D eigenvalue weighted by Crippen LogP contribution is -2.32. The van der Waals surface area contributed by atoms with Crippen molar-refractivity contribution in [3.8, 4) is 0 Å². The molecule has 0 aliphatic rings. The average Bonchev–Trinajstić information content (AvgIpc) is 2.31. The second-order valence-electron chi connectivity index (χ2n) is 4.36. The molecular weight excluding hydrogens is 263 g/mol. The van der Waals surface area contributed by atoms with E-state index in [0.717, 1.165) is 6.42 Å². The summed E-state index contributed by atoms with van der Waals surface area (Å²) in [7, 11) is 1.61. The number of hydrogen-bond acceptors (Lipinski definition) is 4. The molecule has 1 atom stereocenters. The topological polar surface area (TPSA) is 39.7 Å². The zero-order valence-corrected chi connectivity index (χ0v) is 11.6. The van der Waals surface area contributed by atoms with Gasteiger partial charge in [-0.15, -0.1) is 0 Å². The predicted molar refractivity (Wildman–Crippen MR) is 66.2 cm³/mol. The molecule has 1 N–H and O–H groups in total. The largest absolute Gasteiger partial charge is 0.401 e. The Bertz CT molecular complexity index is 203. The van der Waals surface area contributed by atoms with Crippen LogP contribution in [-0.2, 0) is 14.2 Å². The summed E-state index contributed by atoms with van der Waals surface area (Å²) < 4.78 is 50.9. The van der Waals surface area contributed by atoms with Crippen molar-refractivity contribution >= 4 is 0 Å². The molecule has 0 rings (SSSR count). The SMILES string of the molecule is COCCOCCOCCC(C)CNCC(F)(F)F. The highest BCUT2D eigenvalue weighted by Gasteiger charge is 2.26. The minimum absolute atomic E-state index is 0.150. The fourth-order valence-electron chi connectivity index (χ4n) is 1.31. The molecule has 116 valence electrons. The van der Waals surface area contributed by atoms with E-state index in [1.54, 1.807) is 7.11 Å². The van der Waals surface area contributed by atoms with Crippen molar-refractivity contribution in [2.75, 3.05) is 53.2 Å². The molecular formula is C12H24F3NO3. The summed E-state index contributed by atoms with van der Waals surface area (Å²) in [4.78, 5) is 0. The van der Waals surface area contributed by atoms with Gasteiger partial charge in [-0.2, -0.15) is 13.2 Å². The Morgan fingerprint density at radius 3 is 2.16 bits per heavy atom. The summed E-state index contributed by atoms with van der Waals surface area (Å²) in [5, 5.41) is 2.38. The molecule has 0 fully saturated rings. The van der Waals surface area contributed by atoms with Gasteiger partial charge in [0.2, 0.25) is 0 Å². The predicted octanol–water partition coefficient (Wildman–Crippen LogP) is 1.84. The third-order valence-electron chi connectivity index (χ3n) is 2.38. The first kappa shape index (κ1) is 18.6. The van der Waals surface area contributed by atoms with E-state index in [1.807, 2.05) is 6.92 Å². The number of methoxy groups -OCH3 is 1. The van der Waals surface area contributed by atoms with Gasteiger partial charge in [-0.05, 0) is 18.9 Å². The molecule has 0 aliphatic carbocycles. The fourth-order valence-corrected chi connectivity index (χ4v) is 1.31. The number of halogens is 3. The summed E-state index contributed by atoms with van der Waals surface area (Å²) in [5.41, 5.74) is 0. The first-order chi connectivity index (χ1) is 8.95. The van der Waals surface area contributed by atoms with Gasteiger partial charge < -0.3 is 19.5 Å². The molecule has 0 aromatic rings. The maximum absolute atomic E-state index is 11.9. The lowest BCUT2D eigenvalue weighted by Gasteiger charge is -2.14. The Kier molecular flexibility index (Phi) is 11.2. The van der Waals surface area contributed by atoms with Crippen LogP contribution < -0.4 is 5.32 Å². The van der Waals surface area contributed by atoms with Gasteiger partial charge in [0.05, 0.1) is 33.0 Å². The zero-order valence-electron chi connectivity index (χ0n) is 11.6. The molecule has 7 heteroatoms. The average molecular weight is 287 g/mol. The highest BCUT2D eigenvalue weighted by molar-refractivity contribution is 4.60. The highest BCUT2D eigenvalue weighted by Crippen LogP contribution is 2.12. The zero-order chi connectivity index (χ0) is 14.6. The van der Waals surface area contributed by atoms with Crippen LogP contribution in [0.2, 0.25) is 0 Å². The Labute approximate surface area is 112 Å². The molecule has 0 saturated carbocycles. The minimum Gasteiger partial charge on any atom is -0.382 e. The second kappa shape index (κ2) is 11.5. The van der Waals surface area contributed by atoms with E-state index in [9.17, 15) is 13.2 Å². The number of rotatable bonds is 12. The standard InChI is InChI=1S/C12H24F3NO3/c1-11(9-16-10-12(13,14)15)3-4-18-7-8-19-6-5-17-2/h11,16H,3-10H2,1-2H3. The molecule has 0 aliphatic heterocycles. The molecule has 1 unspecified atom stereocenters. The van der Waals surface area contributed by atoms with Crippen LogP contribution >= 0.6 is 0 Å². The van der Waals surface area contributed by atoms with Gasteiger partial charge in [0.1, 0.15) is 0 Å². The number of alkyl halides is 3. The van der Waals surface area contributed by atoms with Crippen molar-refractivity contribution < 1.29 is 27.4 Å². The minimum atomic E-state index is -4.14. The van der Waals surface area contributed by atoms with Crippen LogP contribution in [0.4, 0.5) is 13.2 Å². The van der Waals surface area contributed by atoms with Gasteiger partial charge in [0.15, 0.2) is 0 Å². The summed E-state index contributed by atoms with van der Waals surface area (Å²) in [6.07, 6.45) is -3.42. The van der Waals surface area contributed by atoms with Gasteiger partial charge in [-0.3, -0.25) is 0 Å². The molecule has 0 radical (unpaired) electrons. The van der Waals surface area contributed by atoms with Crippen LogP contribution in [0.1, 0.15) is 13.3 Å². The first-order valence-corrected chi connectivity index (χ1v) is 6.37. The van der Waals surface area contributed by atoms with Crippen LogP contribution in [0, 0.1) is 5.92 Å². The number of hydrogen-bond donors (Lipinski definition) is 1. The van der Waals surface area contributed by atoms with Crippen LogP contribution in [0.5, 0.6) is 0 Å². The second-order valence-corrected chi connectivity index (χ2v) is 4.36. The van der Waals surface area contributed by atoms with E-state index in [-0.39, 0.29) is 5.92 Å². The van der Waals surface area contributed by atoms with E-state index in [0.29, 0.717) is 39.6 Å². The lowest BCUT2D eigenvalue weighted by atomic mass is 10.1. The van der Waals surface area contributed by atoms with Gasteiger partial charge in [-0.1, -0.05) is 6.92 Å². The summed E-state index contributed by atoms with van der Waals surface area (Å²) >= 11 is 0. The summed E-state index contributed by atoms with van der Waals surface area (Å²) in [6, 6.07) is 0. The van der Waals surface area contributed by atoms with Crippen LogP contribution in [0.25, 0.3) is 0 Å². The van der Waals surface area contributed by atoms with Crippen LogP contribution in [0.3, 0.4) is 0 Å². The van der Waals surface area contributed by atoms with Crippen molar-refractivity contribution in [1.82, 2.24) is 5.32 Å². The van der Waals surface area contributed by atoms with Crippen LogP contribution in [0.15, 0.2) is 0 Å². The normalized spacial score (nSPS) is 13.7. The van der Waals surface area contributed by atoms with E-state index < -0.39 is 12.7 Å². The van der Waals surface area contributed by atoms with Crippen molar-refractivity contribution in [3.05, 3.63) is 0 Å². The molecule has 0 bridgehead atoms. The van der Waals surface area contributed by atoms with E-state index >= 15 is 0 Å². The van der Waals surface area contributed by atoms with Gasteiger partial charge in [0, 0.05) is 13.7 Å². The molecule has 0 saturated heterocycles. The van der Waals surface area contributed by atoms with Crippen molar-refractivity contribution in [3.63, 3.8) is 0 Å². The Balaban J connectivity index is 3.23. The summed E-state index contributed by atoms with van der Waals surface area (Å²) in [5.74, 6) is 0.150. The first-order valence-electron chi connectivity index (χ1n) is 6.37. The maximum Gasteiger partial charge on any atom is 0.401 e. The van der Waals surface area contributed by atoms with Crippen molar-refractivity contribution in [2.24, 2.45) is 5.92 Å². The van der Waals surface area contributed by atoms with Gasteiger partial charge >= 0.3 is 6.18 Å². The van der Waals surface area contributed by atoms with Gasteiger partial charge in [-0.25, -0.2) is 0 Å². The highest BCUT2D eigenvalue weighted by atomic mass is 19.4. The van der Waals surface area contributed by atoms with Crippen molar-refractivity contribution in [1.29, 1.82) is 0 Å². The molecule has 0 amide bonds. The molecule has 0 aromatic heterocycles. The fraction of sp³-hybridized carbons (Fsp3) is 1.00. The van der Waals surface area contributed by atoms with E-state index in [4.69, 9.17) is 14.2 Å². The third kappa shape index (κ3) is 15.6. The molecule has 0 spiro atoms. The van der Waals surface area contributed by atoms with E-state index in [1.165, 1.54) is 0 Å². The van der Waals surface area contributed by atoms with Crippen molar-refractivity contribution in [2.45, 2.75) is 19.5 Å². The Morgan fingerprint density at radius 1 is 1.00 bits per heavy atom. The molecule has 0 aromatic carbocycles. The molecule has 0 heterocycles. The third-order valence-corrected chi connectivity index (χ3v) is 2.38. The Hall–Kier alpha value is -0.370. The smallest absolute Gasteiger partial charge is 0.382 e. The number of nitrogens with one attached hydrogen (secondary N) is 1. The monoisotopic (exact) mass is 287 g/mol. The maximum atomic E-state index is 11.9. The van der Waals surface area contributed by atoms with Gasteiger partial charge in [0.25, 0.3) is 0 Å².